The van der Waals surface area contributed by atoms with Crippen molar-refractivity contribution in [3.63, 3.8) is 0 Å². The van der Waals surface area contributed by atoms with Gasteiger partial charge in [-0.1, -0.05) is 30.3 Å². The first kappa shape index (κ1) is 15.4. The van der Waals surface area contributed by atoms with Gasteiger partial charge in [0.2, 0.25) is 0 Å². The summed E-state index contributed by atoms with van der Waals surface area (Å²) in [6.07, 6.45) is 1.42. The average molecular weight is 299 g/mol. The van der Waals surface area contributed by atoms with E-state index in [1.54, 1.807) is 30.3 Å². The minimum Gasteiger partial charge on any atom is -0.464 e. The molecule has 2 aromatic carbocycles. The van der Waals surface area contributed by atoms with Crippen molar-refractivity contribution in [3.05, 3.63) is 77.2 Å². The van der Waals surface area contributed by atoms with Crippen LogP contribution in [0, 0.1) is 5.82 Å². The largest absolute Gasteiger partial charge is 0.464 e. The fraction of sp³-hybridized carbons (Fsp3) is 0.0588. The lowest BCUT2D eigenvalue weighted by atomic mass is 10.1. The van der Waals surface area contributed by atoms with Gasteiger partial charge in [-0.2, -0.15) is 0 Å². The summed E-state index contributed by atoms with van der Waals surface area (Å²) in [5.41, 5.74) is 0.953. The van der Waals surface area contributed by atoms with Crippen LogP contribution in [-0.4, -0.2) is 19.0 Å². The van der Waals surface area contributed by atoms with E-state index >= 15 is 0 Å². The molecular formula is C17H14FNO3. The maximum absolute atomic E-state index is 12.9. The molecule has 2 rings (SSSR count). The third kappa shape index (κ3) is 4.02. The molecular weight excluding hydrogens is 285 g/mol. The second-order valence-corrected chi connectivity index (χ2v) is 4.42. The summed E-state index contributed by atoms with van der Waals surface area (Å²) >= 11 is 0. The van der Waals surface area contributed by atoms with Crippen LogP contribution in [0.1, 0.15) is 15.9 Å². The van der Waals surface area contributed by atoms with Crippen LogP contribution in [0.5, 0.6) is 0 Å². The zero-order valence-corrected chi connectivity index (χ0v) is 11.9. The molecule has 2 aromatic rings. The van der Waals surface area contributed by atoms with Crippen LogP contribution in [0.25, 0.3) is 6.08 Å². The fourth-order valence-electron chi connectivity index (χ4n) is 1.77. The van der Waals surface area contributed by atoms with Crippen molar-refractivity contribution in [3.8, 4) is 0 Å². The van der Waals surface area contributed by atoms with E-state index in [1.807, 2.05) is 0 Å². The number of amides is 1. The highest BCUT2D eigenvalue weighted by molar-refractivity contribution is 6.03. The number of hydrogen-bond acceptors (Lipinski definition) is 3. The second-order valence-electron chi connectivity index (χ2n) is 4.42. The topological polar surface area (TPSA) is 55.4 Å². The molecule has 0 saturated heterocycles. The van der Waals surface area contributed by atoms with Crippen molar-refractivity contribution in [1.82, 2.24) is 5.32 Å². The summed E-state index contributed by atoms with van der Waals surface area (Å²) in [6.45, 7) is 0. The standard InChI is InChI=1S/C17H14FNO3/c1-22-17(21)15(11-12-7-9-14(18)10-8-12)19-16(20)13-5-3-2-4-6-13/h2-11H,1H3,(H,19,20)/b15-11-. The zero-order valence-electron chi connectivity index (χ0n) is 11.9. The summed E-state index contributed by atoms with van der Waals surface area (Å²) in [5.74, 6) is -1.50. The quantitative estimate of drug-likeness (QED) is 0.697. The number of halogens is 1. The molecule has 22 heavy (non-hydrogen) atoms. The molecule has 0 bridgehead atoms. The number of ether oxygens (including phenoxy) is 1. The molecule has 0 fully saturated rings. The smallest absolute Gasteiger partial charge is 0.354 e. The van der Waals surface area contributed by atoms with E-state index in [4.69, 9.17) is 0 Å². The van der Waals surface area contributed by atoms with Gasteiger partial charge in [0.25, 0.3) is 5.91 Å². The highest BCUT2D eigenvalue weighted by Crippen LogP contribution is 2.09. The Balaban J connectivity index is 2.25. The van der Waals surface area contributed by atoms with E-state index in [9.17, 15) is 14.0 Å². The molecule has 0 aromatic heterocycles. The number of rotatable bonds is 4. The van der Waals surface area contributed by atoms with Gasteiger partial charge in [0.05, 0.1) is 7.11 Å². The lowest BCUT2D eigenvalue weighted by Crippen LogP contribution is -2.28. The van der Waals surface area contributed by atoms with Gasteiger partial charge in [-0.25, -0.2) is 9.18 Å². The summed E-state index contributed by atoms with van der Waals surface area (Å²) in [6, 6.07) is 14.0. The van der Waals surface area contributed by atoms with Crippen molar-refractivity contribution in [2.75, 3.05) is 7.11 Å². The molecule has 0 aliphatic heterocycles. The molecule has 1 amide bonds. The molecule has 0 radical (unpaired) electrons. The third-order valence-corrected chi connectivity index (χ3v) is 2.87. The monoisotopic (exact) mass is 299 g/mol. The third-order valence-electron chi connectivity index (χ3n) is 2.87. The summed E-state index contributed by atoms with van der Waals surface area (Å²) in [7, 11) is 1.22. The summed E-state index contributed by atoms with van der Waals surface area (Å²) in [5, 5.41) is 2.50. The Morgan fingerprint density at radius 2 is 1.68 bits per heavy atom. The van der Waals surface area contributed by atoms with E-state index in [0.717, 1.165) is 0 Å². The Kier molecular flexibility index (Phi) is 5.03. The second kappa shape index (κ2) is 7.17. The number of methoxy groups -OCH3 is 1. The molecule has 0 unspecified atom stereocenters. The molecule has 112 valence electrons. The Morgan fingerprint density at radius 3 is 2.27 bits per heavy atom. The van der Waals surface area contributed by atoms with Gasteiger partial charge in [-0.3, -0.25) is 4.79 Å². The number of benzene rings is 2. The number of hydrogen-bond donors (Lipinski definition) is 1. The van der Waals surface area contributed by atoms with Crippen LogP contribution < -0.4 is 5.32 Å². The molecule has 0 heterocycles. The van der Waals surface area contributed by atoms with E-state index < -0.39 is 11.9 Å². The van der Waals surface area contributed by atoms with E-state index in [2.05, 4.69) is 10.1 Å². The van der Waals surface area contributed by atoms with Crippen molar-refractivity contribution >= 4 is 18.0 Å². The first-order chi connectivity index (χ1) is 10.6. The number of carbonyl (C=O) groups is 2. The van der Waals surface area contributed by atoms with Crippen LogP contribution >= 0.6 is 0 Å². The molecule has 0 atom stereocenters. The minimum absolute atomic E-state index is 0.0250. The summed E-state index contributed by atoms with van der Waals surface area (Å²) < 4.78 is 17.5. The van der Waals surface area contributed by atoms with Crippen LogP contribution in [0.3, 0.4) is 0 Å². The van der Waals surface area contributed by atoms with Crippen LogP contribution in [0.15, 0.2) is 60.3 Å². The minimum atomic E-state index is -0.686. The Bertz CT molecular complexity index is 694. The predicted molar refractivity (Wildman–Crippen MR) is 80.3 cm³/mol. The Labute approximate surface area is 127 Å². The predicted octanol–water partition coefficient (Wildman–Crippen LogP) is 2.77. The molecule has 0 aliphatic rings. The molecule has 5 heteroatoms. The molecule has 1 N–H and O–H groups in total. The summed E-state index contributed by atoms with van der Waals surface area (Å²) in [4.78, 5) is 23.9. The zero-order chi connectivity index (χ0) is 15.9. The first-order valence-electron chi connectivity index (χ1n) is 6.52. The van der Waals surface area contributed by atoms with E-state index in [1.165, 1.54) is 37.5 Å². The lowest BCUT2D eigenvalue weighted by molar-refractivity contribution is -0.136. The maximum Gasteiger partial charge on any atom is 0.354 e. The van der Waals surface area contributed by atoms with Gasteiger partial charge in [0, 0.05) is 5.56 Å². The Morgan fingerprint density at radius 1 is 1.05 bits per heavy atom. The van der Waals surface area contributed by atoms with E-state index in [-0.39, 0.29) is 11.5 Å². The van der Waals surface area contributed by atoms with Crippen molar-refractivity contribution < 1.29 is 18.7 Å². The van der Waals surface area contributed by atoms with Gasteiger partial charge in [0.15, 0.2) is 0 Å². The Hall–Kier alpha value is -2.95. The molecule has 0 aliphatic carbocycles. The van der Waals surface area contributed by atoms with Gasteiger partial charge in [-0.05, 0) is 35.9 Å². The maximum atomic E-state index is 12.9. The molecule has 0 spiro atoms. The highest BCUT2D eigenvalue weighted by Gasteiger charge is 2.14. The first-order valence-corrected chi connectivity index (χ1v) is 6.52. The van der Waals surface area contributed by atoms with E-state index in [0.29, 0.717) is 11.1 Å². The molecule has 0 saturated carbocycles. The molecule has 4 nitrogen and oxygen atoms in total. The number of nitrogens with one attached hydrogen (secondary N) is 1. The number of carbonyl (C=O) groups excluding carboxylic acids is 2. The normalized spacial score (nSPS) is 10.9. The van der Waals surface area contributed by atoms with Gasteiger partial charge < -0.3 is 10.1 Å². The van der Waals surface area contributed by atoms with Crippen LogP contribution in [-0.2, 0) is 9.53 Å². The number of esters is 1. The van der Waals surface area contributed by atoms with Crippen LogP contribution in [0.4, 0.5) is 4.39 Å². The SMILES string of the molecule is COC(=O)/C(=C/c1ccc(F)cc1)NC(=O)c1ccccc1. The van der Waals surface area contributed by atoms with Crippen molar-refractivity contribution in [1.29, 1.82) is 0 Å². The van der Waals surface area contributed by atoms with Gasteiger partial charge in [0.1, 0.15) is 11.5 Å². The highest BCUT2D eigenvalue weighted by atomic mass is 19.1. The average Bonchev–Trinajstić information content (AvgIpc) is 2.56. The van der Waals surface area contributed by atoms with Crippen molar-refractivity contribution in [2.45, 2.75) is 0 Å². The van der Waals surface area contributed by atoms with Crippen molar-refractivity contribution in [2.24, 2.45) is 0 Å². The van der Waals surface area contributed by atoms with Gasteiger partial charge >= 0.3 is 5.97 Å². The van der Waals surface area contributed by atoms with Gasteiger partial charge in [-0.15, -0.1) is 0 Å². The lowest BCUT2D eigenvalue weighted by Gasteiger charge is -2.08. The fourth-order valence-corrected chi connectivity index (χ4v) is 1.77. The van der Waals surface area contributed by atoms with Crippen LogP contribution in [0.2, 0.25) is 0 Å².